The molecule has 0 aromatic heterocycles. The van der Waals surface area contributed by atoms with E-state index in [-0.39, 0.29) is 35.5 Å². The fourth-order valence-corrected chi connectivity index (χ4v) is 5.14. The number of rotatable bonds is 7. The lowest BCUT2D eigenvalue weighted by Gasteiger charge is -2.52. The van der Waals surface area contributed by atoms with Crippen LogP contribution in [0.1, 0.15) is 73.1 Å². The molecule has 0 saturated heterocycles. The van der Waals surface area contributed by atoms with Gasteiger partial charge in [0.05, 0.1) is 19.1 Å². The van der Waals surface area contributed by atoms with Gasteiger partial charge in [-0.25, -0.2) is 0 Å². The van der Waals surface area contributed by atoms with Gasteiger partial charge in [0.25, 0.3) is 0 Å². The van der Waals surface area contributed by atoms with Crippen molar-refractivity contribution in [3.63, 3.8) is 0 Å². The summed E-state index contributed by atoms with van der Waals surface area (Å²) in [5, 5.41) is 0. The van der Waals surface area contributed by atoms with Crippen LogP contribution in [0.2, 0.25) is 0 Å². The minimum atomic E-state index is -0.766. The summed E-state index contributed by atoms with van der Waals surface area (Å²) in [6, 6.07) is 0. The van der Waals surface area contributed by atoms with Crippen molar-refractivity contribution >= 4 is 17.7 Å². The highest BCUT2D eigenvalue weighted by atomic mass is 16.5. The van der Waals surface area contributed by atoms with Gasteiger partial charge in [-0.15, -0.1) is 0 Å². The second-order valence-corrected chi connectivity index (χ2v) is 9.37. The van der Waals surface area contributed by atoms with E-state index in [1.165, 1.54) is 14.0 Å². The van der Waals surface area contributed by atoms with E-state index < -0.39 is 5.41 Å². The second-order valence-electron chi connectivity index (χ2n) is 9.37. The zero-order valence-electron chi connectivity index (χ0n) is 18.3. The highest BCUT2D eigenvalue weighted by Crippen LogP contribution is 2.58. The van der Waals surface area contributed by atoms with Crippen LogP contribution in [0, 0.1) is 28.6 Å². The van der Waals surface area contributed by atoms with Gasteiger partial charge in [-0.2, -0.15) is 0 Å². The molecule has 1 fully saturated rings. The van der Waals surface area contributed by atoms with Gasteiger partial charge in [-0.3, -0.25) is 14.4 Å². The van der Waals surface area contributed by atoms with E-state index in [1.807, 2.05) is 13.0 Å². The third-order valence-corrected chi connectivity index (χ3v) is 7.36. The predicted molar refractivity (Wildman–Crippen MR) is 107 cm³/mol. The van der Waals surface area contributed by atoms with Crippen molar-refractivity contribution in [2.45, 2.75) is 73.1 Å². The summed E-state index contributed by atoms with van der Waals surface area (Å²) >= 11 is 0. The van der Waals surface area contributed by atoms with Gasteiger partial charge in [0.15, 0.2) is 5.78 Å². The Morgan fingerprint density at radius 3 is 2.54 bits per heavy atom. The Morgan fingerprint density at radius 1 is 1.25 bits per heavy atom. The molecule has 2 aliphatic carbocycles. The van der Waals surface area contributed by atoms with Gasteiger partial charge >= 0.3 is 11.9 Å². The van der Waals surface area contributed by atoms with E-state index in [2.05, 4.69) is 20.8 Å². The number of carbonyl (C=O) groups excluding carboxylic acids is 3. The van der Waals surface area contributed by atoms with E-state index in [4.69, 9.17) is 9.47 Å². The number of carbonyl (C=O) groups is 3. The molecule has 2 aliphatic rings. The molecular formula is C23H36O5. The molecule has 0 N–H and O–H groups in total. The topological polar surface area (TPSA) is 69.7 Å². The molecule has 5 atom stereocenters. The Labute approximate surface area is 169 Å². The number of fused-ring (bicyclic) bond motifs is 1. The zero-order chi connectivity index (χ0) is 21.1. The van der Waals surface area contributed by atoms with Gasteiger partial charge in [-0.05, 0) is 68.3 Å². The molecule has 0 radical (unpaired) electrons. The predicted octanol–water partition coefficient (Wildman–Crippen LogP) is 4.49. The van der Waals surface area contributed by atoms with Crippen molar-refractivity contribution in [1.29, 1.82) is 0 Å². The number of methoxy groups -OCH3 is 1. The normalized spacial score (nSPS) is 33.5. The maximum atomic E-state index is 12.6. The maximum absolute atomic E-state index is 12.6. The van der Waals surface area contributed by atoms with Crippen LogP contribution in [0.3, 0.4) is 0 Å². The number of ether oxygens (including phenoxy) is 2. The number of esters is 2. The summed E-state index contributed by atoms with van der Waals surface area (Å²) in [5.74, 6) is 0.454. The van der Waals surface area contributed by atoms with E-state index in [0.717, 1.165) is 37.7 Å². The summed E-state index contributed by atoms with van der Waals surface area (Å²) in [6.07, 6.45) is 6.82. The largest absolute Gasteiger partial charge is 0.469 e. The van der Waals surface area contributed by atoms with Crippen molar-refractivity contribution in [3.8, 4) is 0 Å². The summed E-state index contributed by atoms with van der Waals surface area (Å²) in [6.45, 7) is 10.5. The first-order valence-electron chi connectivity index (χ1n) is 10.5. The van der Waals surface area contributed by atoms with Crippen LogP contribution in [-0.4, -0.2) is 31.4 Å². The van der Waals surface area contributed by atoms with E-state index >= 15 is 0 Å². The van der Waals surface area contributed by atoms with Crippen LogP contribution < -0.4 is 0 Å². The molecule has 0 aromatic rings. The Kier molecular flexibility index (Phi) is 7.11. The van der Waals surface area contributed by atoms with Gasteiger partial charge in [-0.1, -0.05) is 26.3 Å². The molecule has 158 valence electrons. The molecule has 0 aliphatic heterocycles. The molecule has 0 bridgehead atoms. The van der Waals surface area contributed by atoms with E-state index in [1.54, 1.807) is 0 Å². The fraction of sp³-hybridized carbons (Fsp3) is 0.783. The van der Waals surface area contributed by atoms with Gasteiger partial charge in [0.2, 0.25) is 0 Å². The first-order chi connectivity index (χ1) is 13.0. The van der Waals surface area contributed by atoms with Crippen LogP contribution in [0.4, 0.5) is 0 Å². The Balaban J connectivity index is 2.19. The maximum Gasteiger partial charge on any atom is 0.312 e. The molecule has 0 aromatic carbocycles. The lowest BCUT2D eigenvalue weighted by molar-refractivity contribution is -0.158. The minimum absolute atomic E-state index is 0.0300. The van der Waals surface area contributed by atoms with Crippen LogP contribution in [0.25, 0.3) is 0 Å². The average molecular weight is 393 g/mol. The number of hydrogen-bond acceptors (Lipinski definition) is 5. The van der Waals surface area contributed by atoms with Crippen LogP contribution in [0.15, 0.2) is 11.6 Å². The number of allylic oxidation sites excluding steroid dienone is 2. The zero-order valence-corrected chi connectivity index (χ0v) is 18.3. The van der Waals surface area contributed by atoms with Crippen molar-refractivity contribution in [3.05, 3.63) is 11.6 Å². The van der Waals surface area contributed by atoms with E-state index in [0.29, 0.717) is 18.4 Å². The highest BCUT2D eigenvalue weighted by molar-refractivity contribution is 5.97. The Hall–Kier alpha value is -1.65. The molecule has 0 spiro atoms. The monoisotopic (exact) mass is 392 g/mol. The standard InChI is InChI=1S/C23H36O5/c1-15(10-12-28-17(3)24)9-11-22(4)16(2)7-8-19-20(22)13-18(25)14-23(19,5)21(26)27-6/h13,15-16,19H,7-12,14H2,1-6H3. The van der Waals surface area contributed by atoms with Gasteiger partial charge < -0.3 is 9.47 Å². The first-order valence-corrected chi connectivity index (χ1v) is 10.5. The molecule has 5 nitrogen and oxygen atoms in total. The molecule has 5 unspecified atom stereocenters. The molecule has 1 saturated carbocycles. The molecule has 28 heavy (non-hydrogen) atoms. The minimum Gasteiger partial charge on any atom is -0.469 e. The first kappa shape index (κ1) is 22.6. The third kappa shape index (κ3) is 4.49. The van der Waals surface area contributed by atoms with Gasteiger partial charge in [0, 0.05) is 13.3 Å². The third-order valence-electron chi connectivity index (χ3n) is 7.36. The fourth-order valence-electron chi connectivity index (χ4n) is 5.14. The lowest BCUT2D eigenvalue weighted by Crippen LogP contribution is -2.49. The molecule has 0 heterocycles. The van der Waals surface area contributed by atoms with Crippen molar-refractivity contribution in [2.24, 2.45) is 28.6 Å². The smallest absolute Gasteiger partial charge is 0.312 e. The SMILES string of the molecule is COC(=O)C1(C)CC(=O)C=C2C1CCC(C)C2(C)CCC(C)CCOC(C)=O. The summed E-state index contributed by atoms with van der Waals surface area (Å²) in [4.78, 5) is 36.1. The van der Waals surface area contributed by atoms with Crippen molar-refractivity contribution < 1.29 is 23.9 Å². The van der Waals surface area contributed by atoms with Crippen molar-refractivity contribution in [2.75, 3.05) is 13.7 Å². The highest BCUT2D eigenvalue weighted by Gasteiger charge is 2.54. The quantitative estimate of drug-likeness (QED) is 0.597. The van der Waals surface area contributed by atoms with Crippen LogP contribution in [0.5, 0.6) is 0 Å². The Morgan fingerprint density at radius 2 is 1.93 bits per heavy atom. The summed E-state index contributed by atoms with van der Waals surface area (Å²) in [5.41, 5.74) is 0.268. The molecule has 2 rings (SSSR count). The number of ketones is 1. The lowest BCUT2D eigenvalue weighted by atomic mass is 9.51. The van der Waals surface area contributed by atoms with E-state index in [9.17, 15) is 14.4 Å². The van der Waals surface area contributed by atoms with Gasteiger partial charge in [0.1, 0.15) is 0 Å². The molecular weight excluding hydrogens is 356 g/mol. The second kappa shape index (κ2) is 8.79. The van der Waals surface area contributed by atoms with Crippen LogP contribution >= 0.6 is 0 Å². The van der Waals surface area contributed by atoms with Crippen LogP contribution in [-0.2, 0) is 23.9 Å². The molecule has 0 amide bonds. The summed E-state index contributed by atoms with van der Waals surface area (Å²) in [7, 11) is 1.41. The van der Waals surface area contributed by atoms with Crippen molar-refractivity contribution in [1.82, 2.24) is 0 Å². The summed E-state index contributed by atoms with van der Waals surface area (Å²) < 4.78 is 10.2. The Bertz CT molecular complexity index is 651. The number of hydrogen-bond donors (Lipinski definition) is 0. The average Bonchev–Trinajstić information content (AvgIpc) is 2.62. The molecule has 5 heteroatoms.